The van der Waals surface area contributed by atoms with Gasteiger partial charge in [-0.1, -0.05) is 85.8 Å². The number of hydrogen-bond acceptors (Lipinski definition) is 5. The summed E-state index contributed by atoms with van der Waals surface area (Å²) >= 11 is 0. The first kappa shape index (κ1) is 28.9. The molecule has 208 valence electrons. The molecular weight excluding hydrogens is 502 g/mol. The molecule has 0 spiro atoms. The summed E-state index contributed by atoms with van der Waals surface area (Å²) < 4.78 is 5.77. The van der Waals surface area contributed by atoms with Crippen LogP contribution in [0.4, 0.5) is 0 Å². The van der Waals surface area contributed by atoms with E-state index in [2.05, 4.69) is 29.6 Å². The Kier molecular flexibility index (Phi) is 10.4. The Morgan fingerprint density at radius 3 is 2.17 bits per heavy atom. The number of carbonyl (C=O) groups excluding carboxylic acids is 4. The lowest BCUT2D eigenvalue weighted by Crippen LogP contribution is -2.37. The van der Waals surface area contributed by atoms with E-state index in [0.29, 0.717) is 25.7 Å². The normalized spacial score (nSPS) is 13.5. The van der Waals surface area contributed by atoms with Crippen LogP contribution in [0.1, 0.15) is 61.6 Å². The molecule has 6 nitrogen and oxygen atoms in total. The molecule has 0 heterocycles. The maximum atomic E-state index is 13.1. The second kappa shape index (κ2) is 14.4. The van der Waals surface area contributed by atoms with Gasteiger partial charge >= 0.3 is 5.97 Å². The van der Waals surface area contributed by atoms with Gasteiger partial charge in [0, 0.05) is 18.8 Å². The molecule has 3 aromatic rings. The van der Waals surface area contributed by atoms with E-state index in [-0.39, 0.29) is 43.1 Å². The molecule has 6 heteroatoms. The Labute approximate surface area is 236 Å². The number of hydrogen-bond donors (Lipinski definition) is 1. The van der Waals surface area contributed by atoms with Crippen molar-refractivity contribution < 1.29 is 23.9 Å². The lowest BCUT2D eigenvalue weighted by molar-refractivity contribution is -0.147. The Hall–Kier alpha value is -4.06. The Morgan fingerprint density at radius 2 is 1.52 bits per heavy atom. The summed E-state index contributed by atoms with van der Waals surface area (Å²) in [5.74, 6) is -1.30. The highest BCUT2D eigenvalue weighted by molar-refractivity contribution is 5.89. The number of carbonyl (C=O) groups is 4. The topological polar surface area (TPSA) is 89.5 Å². The first-order valence-corrected chi connectivity index (χ1v) is 14.1. The quantitative estimate of drug-likeness (QED) is 0.199. The maximum absolute atomic E-state index is 13.1. The van der Waals surface area contributed by atoms with E-state index >= 15 is 0 Å². The maximum Gasteiger partial charge on any atom is 0.306 e. The van der Waals surface area contributed by atoms with Crippen LogP contribution in [0.3, 0.4) is 0 Å². The van der Waals surface area contributed by atoms with Gasteiger partial charge in [0.2, 0.25) is 5.91 Å². The van der Waals surface area contributed by atoms with Crippen molar-refractivity contribution in [3.8, 4) is 11.1 Å². The molecule has 4 rings (SSSR count). The molecular formula is C34H37NO5. The van der Waals surface area contributed by atoms with Gasteiger partial charge in [-0.15, -0.1) is 0 Å². The fourth-order valence-corrected chi connectivity index (χ4v) is 5.38. The van der Waals surface area contributed by atoms with Gasteiger partial charge in [0.15, 0.2) is 5.78 Å². The summed E-state index contributed by atoms with van der Waals surface area (Å²) in [5.41, 5.74) is 5.51. The minimum absolute atomic E-state index is 0.0513. The van der Waals surface area contributed by atoms with Gasteiger partial charge in [-0.05, 0) is 53.0 Å². The molecule has 3 aromatic carbocycles. The lowest BCUT2D eigenvalue weighted by atomic mass is 9.95. The minimum atomic E-state index is -0.654. The first-order chi connectivity index (χ1) is 19.5. The van der Waals surface area contributed by atoms with Gasteiger partial charge in [-0.3, -0.25) is 14.4 Å². The number of ether oxygens (including phenoxy) is 1. The Bertz CT molecular complexity index is 1270. The largest absolute Gasteiger partial charge is 0.465 e. The molecule has 2 unspecified atom stereocenters. The number of nitrogens with one attached hydrogen (secondary N) is 1. The van der Waals surface area contributed by atoms with E-state index in [1.54, 1.807) is 0 Å². The van der Waals surface area contributed by atoms with Crippen molar-refractivity contribution in [1.29, 1.82) is 0 Å². The van der Waals surface area contributed by atoms with Crippen LogP contribution in [0.25, 0.3) is 11.1 Å². The fraction of sp³-hybridized carbons (Fsp3) is 0.353. The highest BCUT2D eigenvalue weighted by Gasteiger charge is 2.30. The van der Waals surface area contributed by atoms with Crippen LogP contribution in [-0.4, -0.2) is 37.1 Å². The Balaban J connectivity index is 1.34. The fourth-order valence-electron chi connectivity index (χ4n) is 5.38. The average Bonchev–Trinajstić information content (AvgIpc) is 3.29. The lowest BCUT2D eigenvalue weighted by Gasteiger charge is -2.18. The number of fused-ring (bicyclic) bond motifs is 3. The zero-order valence-electron chi connectivity index (χ0n) is 23.0. The van der Waals surface area contributed by atoms with E-state index < -0.39 is 11.9 Å². The van der Waals surface area contributed by atoms with E-state index in [1.165, 1.54) is 0 Å². The molecule has 40 heavy (non-hydrogen) atoms. The molecule has 0 bridgehead atoms. The Morgan fingerprint density at radius 1 is 0.900 bits per heavy atom. The summed E-state index contributed by atoms with van der Waals surface area (Å²) in [6, 6.07) is 25.8. The van der Waals surface area contributed by atoms with Crippen LogP contribution in [0.15, 0.2) is 78.9 Å². The van der Waals surface area contributed by atoms with Crippen LogP contribution < -0.4 is 5.32 Å². The average molecular weight is 540 g/mol. The molecule has 0 saturated carbocycles. The predicted octanol–water partition coefficient (Wildman–Crippen LogP) is 5.67. The second-order valence-corrected chi connectivity index (χ2v) is 10.7. The van der Waals surface area contributed by atoms with Crippen molar-refractivity contribution in [2.75, 3.05) is 13.2 Å². The molecule has 0 radical (unpaired) electrons. The van der Waals surface area contributed by atoms with Crippen molar-refractivity contribution in [2.45, 2.75) is 51.4 Å². The van der Waals surface area contributed by atoms with Crippen molar-refractivity contribution in [2.24, 2.45) is 11.8 Å². The van der Waals surface area contributed by atoms with Crippen LogP contribution in [0.5, 0.6) is 0 Å². The summed E-state index contributed by atoms with van der Waals surface area (Å²) in [6.45, 7) is 2.11. The number of benzene rings is 3. The third-order valence-electron chi connectivity index (χ3n) is 7.59. The molecule has 0 aromatic heterocycles. The number of esters is 1. The first-order valence-electron chi connectivity index (χ1n) is 14.1. The molecule has 0 fully saturated rings. The van der Waals surface area contributed by atoms with E-state index in [1.807, 2.05) is 61.5 Å². The number of amides is 1. The standard InChI is InChI=1S/C34H37NO5/c1-24(18-19-36)10-9-13-27(37)22-35-34(39)26(20-25-11-3-2-4-12-25)21-33(38)40-23-32-30-16-7-5-14-28(30)29-15-6-8-17-31(29)32/h2-8,11-12,14-17,19,24,26,32H,9-10,13,18,20-23H2,1H3,(H,35,39). The third kappa shape index (κ3) is 7.75. The van der Waals surface area contributed by atoms with Crippen molar-refractivity contribution >= 4 is 23.9 Å². The van der Waals surface area contributed by atoms with Gasteiger partial charge in [0.25, 0.3) is 0 Å². The van der Waals surface area contributed by atoms with Gasteiger partial charge in [0.1, 0.15) is 12.9 Å². The predicted molar refractivity (Wildman–Crippen MR) is 155 cm³/mol. The van der Waals surface area contributed by atoms with Gasteiger partial charge < -0.3 is 14.8 Å². The number of aldehydes is 1. The molecule has 1 N–H and O–H groups in total. The highest BCUT2D eigenvalue weighted by Crippen LogP contribution is 2.44. The highest BCUT2D eigenvalue weighted by atomic mass is 16.5. The molecule has 1 aliphatic rings. The summed E-state index contributed by atoms with van der Waals surface area (Å²) in [4.78, 5) is 49.1. The zero-order chi connectivity index (χ0) is 28.3. The molecule has 2 atom stereocenters. The van der Waals surface area contributed by atoms with Gasteiger partial charge in [-0.2, -0.15) is 0 Å². The zero-order valence-corrected chi connectivity index (χ0v) is 23.0. The molecule has 0 saturated heterocycles. The third-order valence-corrected chi connectivity index (χ3v) is 7.59. The van der Waals surface area contributed by atoms with Crippen LogP contribution in [0.2, 0.25) is 0 Å². The summed E-state index contributed by atoms with van der Waals surface area (Å²) in [7, 11) is 0. The molecule has 0 aliphatic heterocycles. The van der Waals surface area contributed by atoms with Crippen LogP contribution >= 0.6 is 0 Å². The second-order valence-electron chi connectivity index (χ2n) is 10.7. The molecule has 1 amide bonds. The minimum Gasteiger partial charge on any atom is -0.465 e. The smallest absolute Gasteiger partial charge is 0.306 e. The van der Waals surface area contributed by atoms with Crippen LogP contribution in [0, 0.1) is 11.8 Å². The van der Waals surface area contributed by atoms with Crippen molar-refractivity contribution in [3.63, 3.8) is 0 Å². The van der Waals surface area contributed by atoms with Crippen molar-refractivity contribution in [1.82, 2.24) is 5.32 Å². The summed E-state index contributed by atoms with van der Waals surface area (Å²) in [6.07, 6.45) is 3.49. The monoisotopic (exact) mass is 539 g/mol. The van der Waals surface area contributed by atoms with Gasteiger partial charge in [0.05, 0.1) is 18.9 Å². The molecule has 1 aliphatic carbocycles. The number of ketones is 1. The SMILES string of the molecule is CC(CC=O)CCCC(=O)CNC(=O)C(CC(=O)OCC1c2ccccc2-c2ccccc21)Cc1ccccc1. The van der Waals surface area contributed by atoms with Crippen LogP contribution in [-0.2, 0) is 30.3 Å². The number of Topliss-reactive ketones (excluding diaryl/α,β-unsaturated/α-hetero) is 1. The van der Waals surface area contributed by atoms with E-state index in [0.717, 1.165) is 40.5 Å². The van der Waals surface area contributed by atoms with Gasteiger partial charge in [-0.25, -0.2) is 0 Å². The number of rotatable bonds is 15. The summed E-state index contributed by atoms with van der Waals surface area (Å²) in [5, 5.41) is 2.74. The van der Waals surface area contributed by atoms with E-state index in [4.69, 9.17) is 4.74 Å². The van der Waals surface area contributed by atoms with Crippen molar-refractivity contribution in [3.05, 3.63) is 95.6 Å². The van der Waals surface area contributed by atoms with E-state index in [9.17, 15) is 19.2 Å².